The molecule has 2 heterocycles. The lowest BCUT2D eigenvalue weighted by Crippen LogP contribution is -2.11. The lowest BCUT2D eigenvalue weighted by atomic mass is 10.0. The van der Waals surface area contributed by atoms with Crippen molar-refractivity contribution < 1.29 is 9.26 Å². The number of hydrogen-bond donors (Lipinski definition) is 0. The molecule has 6 heteroatoms. The van der Waals surface area contributed by atoms with E-state index in [4.69, 9.17) is 9.26 Å². The average molecular weight is 318 g/mol. The Labute approximate surface area is 137 Å². The van der Waals surface area contributed by atoms with Crippen LogP contribution in [0.3, 0.4) is 0 Å². The van der Waals surface area contributed by atoms with Crippen molar-refractivity contribution in [2.45, 2.75) is 66.0 Å². The lowest BCUT2D eigenvalue weighted by molar-refractivity contribution is 0.0402. The van der Waals surface area contributed by atoms with Crippen molar-refractivity contribution in [1.82, 2.24) is 19.7 Å². The molecule has 0 amide bonds. The first-order chi connectivity index (χ1) is 11.0. The predicted octanol–water partition coefficient (Wildman–Crippen LogP) is 3.24. The van der Waals surface area contributed by atoms with Gasteiger partial charge in [0.1, 0.15) is 18.5 Å². The number of hydrogen-bond acceptors (Lipinski definition) is 5. The van der Waals surface area contributed by atoms with Gasteiger partial charge in [0.2, 0.25) is 5.89 Å². The van der Waals surface area contributed by atoms with Crippen molar-refractivity contribution in [3.05, 3.63) is 28.9 Å². The van der Waals surface area contributed by atoms with E-state index in [1.807, 2.05) is 13.8 Å². The first-order valence-corrected chi connectivity index (χ1v) is 8.53. The second kappa shape index (κ2) is 6.83. The van der Waals surface area contributed by atoms with Gasteiger partial charge in [0.15, 0.2) is 5.82 Å². The summed E-state index contributed by atoms with van der Waals surface area (Å²) in [5.74, 6) is 2.76. The molecule has 1 unspecified atom stereocenters. The van der Waals surface area contributed by atoms with E-state index < -0.39 is 0 Å². The fourth-order valence-corrected chi connectivity index (χ4v) is 2.99. The Hall–Kier alpha value is -1.69. The molecule has 1 aliphatic rings. The second-order valence-electron chi connectivity index (χ2n) is 6.76. The highest BCUT2D eigenvalue weighted by Gasteiger charge is 2.20. The molecular weight excluding hydrogens is 292 g/mol. The first kappa shape index (κ1) is 16.2. The van der Waals surface area contributed by atoms with Crippen LogP contribution in [0.1, 0.15) is 68.6 Å². The van der Waals surface area contributed by atoms with Crippen molar-refractivity contribution in [1.29, 1.82) is 0 Å². The van der Waals surface area contributed by atoms with E-state index in [9.17, 15) is 0 Å². The van der Waals surface area contributed by atoms with Gasteiger partial charge in [0, 0.05) is 12.3 Å². The molecule has 0 bridgehead atoms. The van der Waals surface area contributed by atoms with Crippen LogP contribution < -0.4 is 0 Å². The Morgan fingerprint density at radius 2 is 1.96 bits per heavy atom. The van der Waals surface area contributed by atoms with Crippen molar-refractivity contribution in [2.24, 2.45) is 5.92 Å². The summed E-state index contributed by atoms with van der Waals surface area (Å²) in [6.07, 6.45) is 4.49. The van der Waals surface area contributed by atoms with Gasteiger partial charge in [-0.2, -0.15) is 4.98 Å². The van der Waals surface area contributed by atoms with Crippen LogP contribution in [0.4, 0.5) is 0 Å². The number of ether oxygens (including phenoxy) is 1. The standard InChI is InChI=1S/C17H26N4O2/c1-11(2)10-22-12(3)17-19-16(23-20-17)9-21-13(4)18-14-7-5-6-8-15(14)21/h11-12H,5-10H2,1-4H3. The molecule has 0 fully saturated rings. The Bertz CT molecular complexity index is 660. The SMILES string of the molecule is Cc1nc2c(n1Cc1nc(C(C)OCC(C)C)no1)CCCC2. The third-order valence-electron chi connectivity index (χ3n) is 4.24. The van der Waals surface area contributed by atoms with Crippen LogP contribution in [-0.2, 0) is 24.1 Å². The van der Waals surface area contributed by atoms with E-state index in [1.54, 1.807) is 0 Å². The smallest absolute Gasteiger partial charge is 0.246 e. The molecule has 0 spiro atoms. The van der Waals surface area contributed by atoms with Crippen LogP contribution in [0, 0.1) is 12.8 Å². The number of nitrogens with zero attached hydrogens (tertiary/aromatic N) is 4. The van der Waals surface area contributed by atoms with Gasteiger partial charge >= 0.3 is 0 Å². The van der Waals surface area contributed by atoms with Crippen LogP contribution in [0.2, 0.25) is 0 Å². The molecule has 0 N–H and O–H groups in total. The molecule has 0 aliphatic heterocycles. The Kier molecular flexibility index (Phi) is 4.80. The van der Waals surface area contributed by atoms with E-state index in [2.05, 4.69) is 33.5 Å². The minimum atomic E-state index is -0.146. The van der Waals surface area contributed by atoms with E-state index in [1.165, 1.54) is 24.2 Å². The molecule has 0 saturated heterocycles. The third kappa shape index (κ3) is 3.63. The largest absolute Gasteiger partial charge is 0.370 e. The Morgan fingerprint density at radius 1 is 1.17 bits per heavy atom. The van der Waals surface area contributed by atoms with E-state index in [0.29, 0.717) is 30.8 Å². The van der Waals surface area contributed by atoms with Gasteiger partial charge < -0.3 is 13.8 Å². The highest BCUT2D eigenvalue weighted by atomic mass is 16.5. The summed E-state index contributed by atoms with van der Waals surface area (Å²) in [6.45, 7) is 9.54. The van der Waals surface area contributed by atoms with Gasteiger partial charge in [-0.25, -0.2) is 4.98 Å². The summed E-state index contributed by atoms with van der Waals surface area (Å²) in [5.41, 5.74) is 2.57. The van der Waals surface area contributed by atoms with Crippen molar-refractivity contribution in [3.8, 4) is 0 Å². The highest BCUT2D eigenvalue weighted by Crippen LogP contribution is 2.23. The zero-order valence-electron chi connectivity index (χ0n) is 14.5. The van der Waals surface area contributed by atoms with Crippen LogP contribution in [-0.4, -0.2) is 26.3 Å². The molecule has 2 aromatic rings. The van der Waals surface area contributed by atoms with Gasteiger partial charge in [-0.3, -0.25) is 0 Å². The summed E-state index contributed by atoms with van der Waals surface area (Å²) in [4.78, 5) is 9.19. The average Bonchev–Trinajstić information content (AvgIpc) is 3.11. The third-order valence-corrected chi connectivity index (χ3v) is 4.24. The quantitative estimate of drug-likeness (QED) is 0.818. The number of fused-ring (bicyclic) bond motifs is 1. The topological polar surface area (TPSA) is 66.0 Å². The van der Waals surface area contributed by atoms with Gasteiger partial charge in [-0.1, -0.05) is 19.0 Å². The van der Waals surface area contributed by atoms with Gasteiger partial charge in [-0.05, 0) is 45.4 Å². The van der Waals surface area contributed by atoms with Crippen LogP contribution in [0.25, 0.3) is 0 Å². The normalized spacial score (nSPS) is 15.9. The molecule has 3 rings (SSSR count). The summed E-state index contributed by atoms with van der Waals surface area (Å²) >= 11 is 0. The highest BCUT2D eigenvalue weighted by molar-refractivity contribution is 5.20. The van der Waals surface area contributed by atoms with E-state index in [-0.39, 0.29) is 6.10 Å². The summed E-state index contributed by atoms with van der Waals surface area (Å²) in [5, 5.41) is 4.07. The molecule has 2 aromatic heterocycles. The Balaban J connectivity index is 1.71. The predicted molar refractivity (Wildman–Crippen MR) is 86.2 cm³/mol. The summed E-state index contributed by atoms with van der Waals surface area (Å²) in [6, 6.07) is 0. The maximum atomic E-state index is 5.75. The molecule has 1 aliphatic carbocycles. The van der Waals surface area contributed by atoms with Crippen LogP contribution in [0.5, 0.6) is 0 Å². The first-order valence-electron chi connectivity index (χ1n) is 8.53. The second-order valence-corrected chi connectivity index (χ2v) is 6.76. The molecule has 126 valence electrons. The van der Waals surface area contributed by atoms with Crippen molar-refractivity contribution in [2.75, 3.05) is 6.61 Å². The monoisotopic (exact) mass is 318 g/mol. The minimum absolute atomic E-state index is 0.146. The minimum Gasteiger partial charge on any atom is -0.370 e. The van der Waals surface area contributed by atoms with Crippen LogP contribution in [0.15, 0.2) is 4.52 Å². The fraction of sp³-hybridized carbons (Fsp3) is 0.706. The molecular formula is C17H26N4O2. The number of rotatable bonds is 6. The van der Waals surface area contributed by atoms with Gasteiger partial charge in [0.05, 0.1) is 5.69 Å². The lowest BCUT2D eigenvalue weighted by Gasteiger charge is -2.13. The van der Waals surface area contributed by atoms with Crippen molar-refractivity contribution >= 4 is 0 Å². The molecule has 1 atom stereocenters. The Morgan fingerprint density at radius 3 is 2.74 bits per heavy atom. The van der Waals surface area contributed by atoms with Crippen molar-refractivity contribution in [3.63, 3.8) is 0 Å². The fourth-order valence-electron chi connectivity index (χ4n) is 2.99. The number of aryl methyl sites for hydroxylation is 2. The molecule has 0 saturated carbocycles. The van der Waals surface area contributed by atoms with Crippen LogP contribution >= 0.6 is 0 Å². The molecule has 0 aromatic carbocycles. The maximum absolute atomic E-state index is 5.75. The molecule has 23 heavy (non-hydrogen) atoms. The van der Waals surface area contributed by atoms with E-state index in [0.717, 1.165) is 18.7 Å². The zero-order valence-corrected chi connectivity index (χ0v) is 14.5. The van der Waals surface area contributed by atoms with E-state index >= 15 is 0 Å². The summed E-state index contributed by atoms with van der Waals surface area (Å²) in [7, 11) is 0. The molecule has 6 nitrogen and oxygen atoms in total. The number of imidazole rings is 1. The zero-order chi connectivity index (χ0) is 16.4. The maximum Gasteiger partial charge on any atom is 0.246 e. The number of aromatic nitrogens is 4. The van der Waals surface area contributed by atoms with Gasteiger partial charge in [0.25, 0.3) is 0 Å². The van der Waals surface area contributed by atoms with Gasteiger partial charge in [-0.15, -0.1) is 0 Å². The molecule has 0 radical (unpaired) electrons. The summed E-state index contributed by atoms with van der Waals surface area (Å²) < 4.78 is 13.4.